The molecule has 1 aliphatic heterocycles. The van der Waals surface area contributed by atoms with Crippen molar-refractivity contribution in [3.05, 3.63) is 54.1 Å². The van der Waals surface area contributed by atoms with Crippen molar-refractivity contribution in [2.24, 2.45) is 0 Å². The molecule has 1 aliphatic rings. The zero-order valence-electron chi connectivity index (χ0n) is 15.6. The van der Waals surface area contributed by atoms with E-state index < -0.39 is 11.6 Å². The Kier molecular flexibility index (Phi) is 5.62. The molecular formula is C22H27NO3. The number of carboxylic acid groups (broad SMARTS) is 1. The van der Waals surface area contributed by atoms with Gasteiger partial charge in [-0.3, -0.25) is 4.90 Å². The van der Waals surface area contributed by atoms with Gasteiger partial charge in [-0.05, 0) is 36.2 Å². The van der Waals surface area contributed by atoms with Crippen LogP contribution in [0.15, 0.2) is 54.1 Å². The molecule has 1 N–H and O–H groups in total. The summed E-state index contributed by atoms with van der Waals surface area (Å²) in [5, 5.41) is 12.0. The number of carboxylic acids is 1. The summed E-state index contributed by atoms with van der Waals surface area (Å²) in [5.74, 6) is -0.243. The molecule has 4 heteroatoms. The van der Waals surface area contributed by atoms with Gasteiger partial charge in [0.25, 0.3) is 0 Å². The number of ether oxygens (including phenoxy) is 1. The zero-order chi connectivity index (χ0) is 18.6. The molecule has 2 aromatic carbocycles. The third kappa shape index (κ3) is 4.07. The number of likely N-dealkylation sites (tertiary alicyclic amines) is 1. The van der Waals surface area contributed by atoms with Gasteiger partial charge in [0.05, 0.1) is 0 Å². The fraction of sp³-hybridized carbons (Fsp3) is 0.409. The van der Waals surface area contributed by atoms with Crippen molar-refractivity contribution in [3.8, 4) is 5.75 Å². The predicted octanol–water partition coefficient (Wildman–Crippen LogP) is 4.49. The molecule has 0 amide bonds. The van der Waals surface area contributed by atoms with E-state index in [1.807, 2.05) is 42.5 Å². The number of hydrogen-bond donors (Lipinski definition) is 1. The maximum atomic E-state index is 12.0. The van der Waals surface area contributed by atoms with Crippen LogP contribution < -0.4 is 4.74 Å². The first-order valence-corrected chi connectivity index (χ1v) is 9.31. The van der Waals surface area contributed by atoms with Crippen LogP contribution in [0.4, 0.5) is 0 Å². The molecule has 1 heterocycles. The van der Waals surface area contributed by atoms with Gasteiger partial charge < -0.3 is 9.84 Å². The molecular weight excluding hydrogens is 326 g/mol. The average molecular weight is 353 g/mol. The quantitative estimate of drug-likeness (QED) is 0.777. The standard InChI is InChI=1S/C22H27NO3/c1-3-6-17(2)16-23-13-11-22(12-14-23,21(24)25)26-20-10-9-18-7-4-5-8-19(18)15-20/h4-10,15H,3,11-14,16H2,1-2H3,(H,24,25). The lowest BCUT2D eigenvalue weighted by Crippen LogP contribution is -2.53. The first kappa shape index (κ1) is 18.5. The van der Waals surface area contributed by atoms with Crippen molar-refractivity contribution in [2.75, 3.05) is 19.6 Å². The summed E-state index contributed by atoms with van der Waals surface area (Å²) in [7, 11) is 0. The molecule has 3 rings (SSSR count). The smallest absolute Gasteiger partial charge is 0.348 e. The zero-order valence-corrected chi connectivity index (χ0v) is 15.6. The molecule has 138 valence electrons. The van der Waals surface area contributed by atoms with Crippen LogP contribution in [-0.2, 0) is 4.79 Å². The summed E-state index contributed by atoms with van der Waals surface area (Å²) in [6.45, 7) is 6.63. The number of hydrogen-bond acceptors (Lipinski definition) is 3. The molecule has 0 unspecified atom stereocenters. The van der Waals surface area contributed by atoms with Gasteiger partial charge in [-0.15, -0.1) is 0 Å². The Bertz CT molecular complexity index is 804. The minimum atomic E-state index is -1.14. The lowest BCUT2D eigenvalue weighted by Gasteiger charge is -2.39. The summed E-state index contributed by atoms with van der Waals surface area (Å²) >= 11 is 0. The molecule has 0 atom stereocenters. The van der Waals surface area contributed by atoms with E-state index in [0.29, 0.717) is 18.6 Å². The Hall–Kier alpha value is -2.33. The van der Waals surface area contributed by atoms with Crippen LogP contribution in [0.3, 0.4) is 0 Å². The summed E-state index contributed by atoms with van der Waals surface area (Å²) in [4.78, 5) is 14.3. The van der Waals surface area contributed by atoms with Crippen molar-refractivity contribution in [1.82, 2.24) is 4.90 Å². The van der Waals surface area contributed by atoms with E-state index in [1.165, 1.54) is 5.57 Å². The maximum Gasteiger partial charge on any atom is 0.348 e. The molecule has 0 spiro atoms. The van der Waals surface area contributed by atoms with Gasteiger partial charge in [0, 0.05) is 32.5 Å². The molecule has 0 bridgehead atoms. The highest BCUT2D eigenvalue weighted by atomic mass is 16.5. The third-order valence-electron chi connectivity index (χ3n) is 5.11. The number of aliphatic carboxylic acids is 1. The van der Waals surface area contributed by atoms with E-state index in [0.717, 1.165) is 36.8 Å². The van der Waals surface area contributed by atoms with E-state index in [9.17, 15) is 9.90 Å². The SMILES string of the molecule is CCC=C(C)CN1CCC(Oc2ccc3ccccc3c2)(C(=O)O)CC1. The fourth-order valence-corrected chi connectivity index (χ4v) is 3.65. The first-order valence-electron chi connectivity index (χ1n) is 9.31. The largest absolute Gasteiger partial charge is 0.478 e. The molecule has 1 fully saturated rings. The second kappa shape index (κ2) is 7.92. The van der Waals surface area contributed by atoms with Crippen molar-refractivity contribution in [2.45, 2.75) is 38.7 Å². The second-order valence-corrected chi connectivity index (χ2v) is 7.15. The van der Waals surface area contributed by atoms with Crippen LogP contribution in [0.25, 0.3) is 10.8 Å². The topological polar surface area (TPSA) is 49.8 Å². The molecule has 0 radical (unpaired) electrons. The van der Waals surface area contributed by atoms with Gasteiger partial charge >= 0.3 is 5.97 Å². The minimum absolute atomic E-state index is 0.495. The van der Waals surface area contributed by atoms with Crippen molar-refractivity contribution < 1.29 is 14.6 Å². The average Bonchev–Trinajstić information content (AvgIpc) is 2.63. The monoisotopic (exact) mass is 353 g/mol. The third-order valence-corrected chi connectivity index (χ3v) is 5.11. The van der Waals surface area contributed by atoms with Crippen molar-refractivity contribution in [1.29, 1.82) is 0 Å². The highest BCUT2D eigenvalue weighted by Gasteiger charge is 2.44. The molecule has 4 nitrogen and oxygen atoms in total. The van der Waals surface area contributed by atoms with E-state index in [4.69, 9.17) is 4.74 Å². The number of nitrogens with zero attached hydrogens (tertiary/aromatic N) is 1. The van der Waals surface area contributed by atoms with E-state index in [1.54, 1.807) is 0 Å². The second-order valence-electron chi connectivity index (χ2n) is 7.15. The van der Waals surface area contributed by atoms with Crippen LogP contribution in [-0.4, -0.2) is 41.2 Å². The van der Waals surface area contributed by atoms with Gasteiger partial charge in [0.15, 0.2) is 0 Å². The van der Waals surface area contributed by atoms with Gasteiger partial charge in [-0.1, -0.05) is 48.9 Å². The highest BCUT2D eigenvalue weighted by Crippen LogP contribution is 2.31. The normalized spacial score (nSPS) is 18.0. The maximum absolute atomic E-state index is 12.0. The summed E-state index contributed by atoms with van der Waals surface area (Å²) in [6.07, 6.45) is 4.25. The van der Waals surface area contributed by atoms with Gasteiger partial charge in [0.2, 0.25) is 5.60 Å². The number of allylic oxidation sites excluding steroid dienone is 1. The molecule has 0 saturated carbocycles. The van der Waals surface area contributed by atoms with Crippen LogP contribution in [0, 0.1) is 0 Å². The van der Waals surface area contributed by atoms with Crippen LogP contribution in [0.5, 0.6) is 5.75 Å². The van der Waals surface area contributed by atoms with Gasteiger partial charge in [-0.2, -0.15) is 0 Å². The highest BCUT2D eigenvalue weighted by molar-refractivity contribution is 5.84. The van der Waals surface area contributed by atoms with Crippen LogP contribution in [0.2, 0.25) is 0 Å². The molecule has 0 aliphatic carbocycles. The minimum Gasteiger partial charge on any atom is -0.478 e. The van der Waals surface area contributed by atoms with Gasteiger partial charge in [-0.25, -0.2) is 4.79 Å². The lowest BCUT2D eigenvalue weighted by atomic mass is 9.90. The Labute approximate surface area is 155 Å². The van der Waals surface area contributed by atoms with Crippen LogP contribution >= 0.6 is 0 Å². The summed E-state index contributed by atoms with van der Waals surface area (Å²) in [6, 6.07) is 13.8. The Morgan fingerprint density at radius 1 is 1.19 bits per heavy atom. The number of piperidine rings is 1. The van der Waals surface area contributed by atoms with Crippen LogP contribution in [0.1, 0.15) is 33.1 Å². The molecule has 0 aromatic heterocycles. The van der Waals surface area contributed by atoms with Crippen molar-refractivity contribution in [3.63, 3.8) is 0 Å². The molecule has 2 aromatic rings. The number of carbonyl (C=O) groups is 1. The number of fused-ring (bicyclic) bond motifs is 1. The Morgan fingerprint density at radius 3 is 2.54 bits per heavy atom. The molecule has 1 saturated heterocycles. The van der Waals surface area contributed by atoms with Gasteiger partial charge in [0.1, 0.15) is 5.75 Å². The van der Waals surface area contributed by atoms with Crippen molar-refractivity contribution >= 4 is 16.7 Å². The molecule has 26 heavy (non-hydrogen) atoms. The lowest BCUT2D eigenvalue weighted by molar-refractivity contribution is -0.159. The van der Waals surface area contributed by atoms with E-state index in [2.05, 4.69) is 24.8 Å². The summed E-state index contributed by atoms with van der Waals surface area (Å²) < 4.78 is 6.07. The fourth-order valence-electron chi connectivity index (χ4n) is 3.65. The Morgan fingerprint density at radius 2 is 1.88 bits per heavy atom. The number of benzene rings is 2. The first-order chi connectivity index (χ1) is 12.5. The Balaban J connectivity index is 1.73. The van der Waals surface area contributed by atoms with E-state index in [-0.39, 0.29) is 0 Å². The number of rotatable bonds is 6. The predicted molar refractivity (Wildman–Crippen MR) is 105 cm³/mol. The van der Waals surface area contributed by atoms with E-state index >= 15 is 0 Å². The summed E-state index contributed by atoms with van der Waals surface area (Å²) in [5.41, 5.74) is 0.201.